The maximum absolute atomic E-state index is 5.80. The van der Waals surface area contributed by atoms with Crippen LogP contribution in [0.15, 0.2) is 18.3 Å². The number of hydrogen-bond acceptors (Lipinski definition) is 3. The number of anilines is 1. The fraction of sp³-hybridized carbons (Fsp3) is 0. The lowest BCUT2D eigenvalue weighted by Crippen LogP contribution is -1.83. The van der Waals surface area contributed by atoms with Crippen LogP contribution >= 0.6 is 23.1 Å². The molecule has 2 N–H and O–H groups in total. The molecule has 1 heterocycles. The molecule has 1 aromatic carbocycles. The summed E-state index contributed by atoms with van der Waals surface area (Å²) in [6.45, 7) is 0. The van der Waals surface area contributed by atoms with Crippen molar-refractivity contribution in [3.05, 3.63) is 23.4 Å². The van der Waals surface area contributed by atoms with Crippen LogP contribution in [0.5, 0.6) is 0 Å². The average Bonchev–Trinajstić information content (AvgIpc) is 2.36. The SMILES string of the molecule is Nc1cc2sncc2cc1Cl. The summed E-state index contributed by atoms with van der Waals surface area (Å²) < 4.78 is 5.09. The number of fused-ring (bicyclic) bond motifs is 1. The first-order valence-electron chi connectivity index (χ1n) is 3.07. The van der Waals surface area contributed by atoms with Crippen molar-refractivity contribution in [2.24, 2.45) is 0 Å². The molecule has 0 amide bonds. The lowest BCUT2D eigenvalue weighted by molar-refractivity contribution is 1.61. The fourth-order valence-corrected chi connectivity index (χ4v) is 1.75. The van der Waals surface area contributed by atoms with Gasteiger partial charge >= 0.3 is 0 Å². The monoisotopic (exact) mass is 184 g/mol. The number of hydrogen-bond donors (Lipinski definition) is 1. The average molecular weight is 185 g/mol. The summed E-state index contributed by atoms with van der Waals surface area (Å²) in [4.78, 5) is 0. The Balaban J connectivity index is 2.86. The van der Waals surface area contributed by atoms with E-state index in [0.717, 1.165) is 10.1 Å². The van der Waals surface area contributed by atoms with Gasteiger partial charge < -0.3 is 5.73 Å². The van der Waals surface area contributed by atoms with Gasteiger partial charge in [-0.15, -0.1) is 0 Å². The number of aromatic nitrogens is 1. The molecule has 0 saturated heterocycles. The topological polar surface area (TPSA) is 38.9 Å². The van der Waals surface area contributed by atoms with Crippen LogP contribution in [0.3, 0.4) is 0 Å². The lowest BCUT2D eigenvalue weighted by Gasteiger charge is -1.95. The third kappa shape index (κ3) is 1.06. The largest absolute Gasteiger partial charge is 0.397 e. The molecule has 0 spiro atoms. The van der Waals surface area contributed by atoms with E-state index in [1.165, 1.54) is 11.5 Å². The van der Waals surface area contributed by atoms with Crippen LogP contribution in [0.1, 0.15) is 0 Å². The number of benzene rings is 1. The van der Waals surface area contributed by atoms with Crippen molar-refractivity contribution in [1.29, 1.82) is 0 Å². The van der Waals surface area contributed by atoms with Crippen LogP contribution in [0.2, 0.25) is 5.02 Å². The molecule has 2 rings (SSSR count). The predicted octanol–water partition coefficient (Wildman–Crippen LogP) is 2.53. The van der Waals surface area contributed by atoms with E-state index in [1.54, 1.807) is 6.20 Å². The zero-order valence-electron chi connectivity index (χ0n) is 5.54. The molecule has 2 aromatic rings. The van der Waals surface area contributed by atoms with Gasteiger partial charge in [0.15, 0.2) is 0 Å². The molecule has 1 aromatic heterocycles. The van der Waals surface area contributed by atoms with Gasteiger partial charge in [-0.3, -0.25) is 0 Å². The molecular weight excluding hydrogens is 180 g/mol. The second kappa shape index (κ2) is 2.36. The third-order valence-electron chi connectivity index (χ3n) is 1.47. The normalized spacial score (nSPS) is 10.6. The second-order valence-electron chi connectivity index (χ2n) is 2.24. The zero-order valence-corrected chi connectivity index (χ0v) is 7.12. The Labute approximate surface area is 72.8 Å². The maximum Gasteiger partial charge on any atom is 0.0642 e. The molecule has 56 valence electrons. The number of rotatable bonds is 0. The van der Waals surface area contributed by atoms with Gasteiger partial charge in [-0.05, 0) is 23.7 Å². The summed E-state index contributed by atoms with van der Waals surface area (Å²) in [5.74, 6) is 0. The van der Waals surface area contributed by atoms with Gasteiger partial charge in [-0.25, -0.2) is 0 Å². The Kier molecular flexibility index (Phi) is 1.47. The van der Waals surface area contributed by atoms with Crippen molar-refractivity contribution in [2.75, 3.05) is 5.73 Å². The quantitative estimate of drug-likeness (QED) is 0.639. The van der Waals surface area contributed by atoms with E-state index in [1.807, 2.05) is 12.1 Å². The van der Waals surface area contributed by atoms with E-state index in [2.05, 4.69) is 4.37 Å². The minimum absolute atomic E-state index is 0.595. The highest BCUT2D eigenvalue weighted by atomic mass is 35.5. The highest BCUT2D eigenvalue weighted by molar-refractivity contribution is 7.13. The Bertz CT molecular complexity index is 360. The predicted molar refractivity (Wildman–Crippen MR) is 49.0 cm³/mol. The molecule has 0 aliphatic carbocycles. The smallest absolute Gasteiger partial charge is 0.0642 e. The number of halogens is 1. The van der Waals surface area contributed by atoms with Gasteiger partial charge in [0.25, 0.3) is 0 Å². The summed E-state index contributed by atoms with van der Waals surface area (Å²) in [7, 11) is 0. The van der Waals surface area contributed by atoms with E-state index < -0.39 is 0 Å². The van der Waals surface area contributed by atoms with Crippen molar-refractivity contribution >= 4 is 38.9 Å². The highest BCUT2D eigenvalue weighted by Crippen LogP contribution is 2.27. The van der Waals surface area contributed by atoms with Gasteiger partial charge in [-0.1, -0.05) is 11.6 Å². The van der Waals surface area contributed by atoms with Gasteiger partial charge in [0, 0.05) is 11.6 Å². The molecule has 0 unspecified atom stereocenters. The van der Waals surface area contributed by atoms with Gasteiger partial charge in [-0.2, -0.15) is 4.37 Å². The number of nitrogens with two attached hydrogens (primary N) is 1. The molecular formula is C7H5ClN2S. The minimum Gasteiger partial charge on any atom is -0.397 e. The van der Waals surface area contributed by atoms with Crippen LogP contribution in [-0.2, 0) is 0 Å². The number of nitrogen functional groups attached to an aromatic ring is 1. The summed E-state index contributed by atoms with van der Waals surface area (Å²) >= 11 is 7.22. The van der Waals surface area contributed by atoms with E-state index >= 15 is 0 Å². The van der Waals surface area contributed by atoms with Crippen molar-refractivity contribution in [1.82, 2.24) is 4.37 Å². The fourth-order valence-electron chi connectivity index (χ4n) is 0.904. The highest BCUT2D eigenvalue weighted by Gasteiger charge is 2.00. The Hall–Kier alpha value is -0.800. The molecule has 0 atom stereocenters. The van der Waals surface area contributed by atoms with E-state index in [0.29, 0.717) is 10.7 Å². The molecule has 0 radical (unpaired) electrons. The first-order chi connectivity index (χ1) is 5.27. The van der Waals surface area contributed by atoms with Crippen LogP contribution in [0, 0.1) is 0 Å². The van der Waals surface area contributed by atoms with Crippen LogP contribution in [-0.4, -0.2) is 4.37 Å². The van der Waals surface area contributed by atoms with Gasteiger partial charge in [0.1, 0.15) is 0 Å². The molecule has 0 aliphatic rings. The van der Waals surface area contributed by atoms with Crippen molar-refractivity contribution in [2.45, 2.75) is 0 Å². The first kappa shape index (κ1) is 6.88. The van der Waals surface area contributed by atoms with Crippen molar-refractivity contribution in [3.8, 4) is 0 Å². The van der Waals surface area contributed by atoms with Crippen molar-refractivity contribution in [3.63, 3.8) is 0 Å². The second-order valence-corrected chi connectivity index (χ2v) is 3.48. The van der Waals surface area contributed by atoms with Crippen LogP contribution in [0.25, 0.3) is 10.1 Å². The minimum atomic E-state index is 0.595. The van der Waals surface area contributed by atoms with Crippen molar-refractivity contribution < 1.29 is 0 Å². The standard InChI is InChI=1S/C7H5ClN2S/c8-5-1-4-3-10-11-7(4)2-6(5)9/h1-3H,9H2. The molecule has 2 nitrogen and oxygen atoms in total. The van der Waals surface area contributed by atoms with E-state index in [4.69, 9.17) is 17.3 Å². The van der Waals surface area contributed by atoms with Crippen LogP contribution < -0.4 is 5.73 Å². The van der Waals surface area contributed by atoms with E-state index in [9.17, 15) is 0 Å². The Morgan fingerprint density at radius 1 is 1.45 bits per heavy atom. The Morgan fingerprint density at radius 3 is 3.09 bits per heavy atom. The third-order valence-corrected chi connectivity index (χ3v) is 2.56. The number of nitrogens with zero attached hydrogens (tertiary/aromatic N) is 1. The molecule has 4 heteroatoms. The van der Waals surface area contributed by atoms with E-state index in [-0.39, 0.29) is 0 Å². The summed E-state index contributed by atoms with van der Waals surface area (Å²) in [6.07, 6.45) is 1.78. The molecule has 0 fully saturated rings. The molecule has 11 heavy (non-hydrogen) atoms. The maximum atomic E-state index is 5.80. The molecule has 0 saturated carbocycles. The zero-order chi connectivity index (χ0) is 7.84. The lowest BCUT2D eigenvalue weighted by atomic mass is 10.2. The van der Waals surface area contributed by atoms with Gasteiger partial charge in [0.2, 0.25) is 0 Å². The summed E-state index contributed by atoms with van der Waals surface area (Å²) in [5.41, 5.74) is 6.21. The van der Waals surface area contributed by atoms with Gasteiger partial charge in [0.05, 0.1) is 15.4 Å². The Morgan fingerprint density at radius 2 is 2.27 bits per heavy atom. The molecule has 0 aliphatic heterocycles. The molecule has 0 bridgehead atoms. The summed E-state index contributed by atoms with van der Waals surface area (Å²) in [6, 6.07) is 3.67. The first-order valence-corrected chi connectivity index (χ1v) is 4.22. The summed E-state index contributed by atoms with van der Waals surface area (Å²) in [5, 5.41) is 1.65. The van der Waals surface area contributed by atoms with Crippen LogP contribution in [0.4, 0.5) is 5.69 Å².